The van der Waals surface area contributed by atoms with Crippen LogP contribution in [0.15, 0.2) is 60.8 Å². The number of halogens is 1. The molecule has 3 aromatic rings. The first kappa shape index (κ1) is 23.1. The minimum Gasteiger partial charge on any atom is -0.383 e. The highest BCUT2D eigenvalue weighted by atomic mass is 35.5. The van der Waals surface area contributed by atoms with E-state index in [1.807, 2.05) is 49.9 Å². The van der Waals surface area contributed by atoms with Crippen LogP contribution >= 0.6 is 11.6 Å². The van der Waals surface area contributed by atoms with Gasteiger partial charge in [0.1, 0.15) is 5.82 Å². The number of pyridine rings is 1. The number of rotatable bonds is 3. The van der Waals surface area contributed by atoms with Gasteiger partial charge in [-0.15, -0.1) is 0 Å². The second kappa shape index (κ2) is 9.06. The highest BCUT2D eigenvalue weighted by Gasteiger charge is 2.35. The standard InChI is InChI=1S/C27H31ClN4O/c1-18-16-21(28)11-12-23(18)32-15-14-31(26(33)27(2,3)4)17-24(32)20-9-7-19(8-10-20)22-6-5-13-30-25(22)29/h5-13,16,24H,14-15,17H2,1-4H3,(H2,29,30)/t24-/m0/s1. The van der Waals surface area contributed by atoms with Crippen LogP contribution in [0, 0.1) is 12.3 Å². The van der Waals surface area contributed by atoms with E-state index in [1.165, 1.54) is 0 Å². The van der Waals surface area contributed by atoms with Gasteiger partial charge in [0.2, 0.25) is 5.91 Å². The summed E-state index contributed by atoms with van der Waals surface area (Å²) in [6, 6.07) is 18.3. The number of nitrogen functional groups attached to an aromatic ring is 1. The van der Waals surface area contributed by atoms with Crippen LogP contribution in [0.4, 0.5) is 11.5 Å². The first-order valence-corrected chi connectivity index (χ1v) is 11.7. The fourth-order valence-corrected chi connectivity index (χ4v) is 4.73. The minimum atomic E-state index is -0.412. The molecule has 33 heavy (non-hydrogen) atoms. The lowest BCUT2D eigenvalue weighted by atomic mass is 9.92. The number of nitrogens with two attached hydrogens (primary N) is 1. The summed E-state index contributed by atoms with van der Waals surface area (Å²) in [6.07, 6.45) is 1.70. The molecule has 2 N–H and O–H groups in total. The van der Waals surface area contributed by atoms with E-state index in [0.29, 0.717) is 18.9 Å². The molecular formula is C27H31ClN4O. The Labute approximate surface area is 201 Å². The maximum Gasteiger partial charge on any atom is 0.228 e. The number of hydrogen-bond donors (Lipinski definition) is 1. The fourth-order valence-electron chi connectivity index (χ4n) is 4.50. The van der Waals surface area contributed by atoms with Crippen molar-refractivity contribution >= 4 is 29.0 Å². The molecule has 1 amide bonds. The van der Waals surface area contributed by atoms with Crippen molar-refractivity contribution < 1.29 is 4.79 Å². The lowest BCUT2D eigenvalue weighted by molar-refractivity contribution is -0.140. The monoisotopic (exact) mass is 462 g/mol. The van der Waals surface area contributed by atoms with Crippen molar-refractivity contribution in [1.29, 1.82) is 0 Å². The van der Waals surface area contributed by atoms with Gasteiger partial charge in [-0.2, -0.15) is 0 Å². The molecule has 0 spiro atoms. The zero-order valence-corrected chi connectivity index (χ0v) is 20.4. The third kappa shape index (κ3) is 4.83. The summed E-state index contributed by atoms with van der Waals surface area (Å²) in [4.78, 5) is 21.7. The zero-order chi connectivity index (χ0) is 23.8. The van der Waals surface area contributed by atoms with Gasteiger partial charge in [0, 0.05) is 47.5 Å². The maximum absolute atomic E-state index is 13.1. The first-order valence-electron chi connectivity index (χ1n) is 11.3. The van der Waals surface area contributed by atoms with Crippen LogP contribution in [-0.2, 0) is 4.79 Å². The Hall–Kier alpha value is -3.05. The van der Waals surface area contributed by atoms with Gasteiger partial charge in [0.25, 0.3) is 0 Å². The molecule has 1 aromatic heterocycles. The number of hydrogen-bond acceptors (Lipinski definition) is 4. The van der Waals surface area contributed by atoms with Crippen molar-refractivity contribution in [3.8, 4) is 11.1 Å². The van der Waals surface area contributed by atoms with E-state index in [4.69, 9.17) is 17.3 Å². The number of benzene rings is 2. The van der Waals surface area contributed by atoms with Gasteiger partial charge in [-0.25, -0.2) is 4.98 Å². The van der Waals surface area contributed by atoms with Gasteiger partial charge >= 0.3 is 0 Å². The number of amides is 1. The van der Waals surface area contributed by atoms with Crippen LogP contribution < -0.4 is 10.6 Å². The quantitative estimate of drug-likeness (QED) is 0.540. The van der Waals surface area contributed by atoms with E-state index in [2.05, 4.69) is 47.1 Å². The Bertz CT molecular complexity index is 1150. The van der Waals surface area contributed by atoms with Crippen LogP contribution in [0.25, 0.3) is 11.1 Å². The zero-order valence-electron chi connectivity index (χ0n) is 19.7. The second-order valence-electron chi connectivity index (χ2n) is 9.70. The van der Waals surface area contributed by atoms with Crippen LogP contribution in [-0.4, -0.2) is 35.4 Å². The molecule has 0 saturated carbocycles. The molecule has 1 aliphatic heterocycles. The molecule has 1 aliphatic rings. The molecule has 1 saturated heterocycles. The van der Waals surface area contributed by atoms with Crippen LogP contribution in [0.5, 0.6) is 0 Å². The van der Waals surface area contributed by atoms with E-state index in [1.54, 1.807) is 6.20 Å². The smallest absolute Gasteiger partial charge is 0.228 e. The predicted octanol–water partition coefficient (Wildman–Crippen LogP) is 5.73. The van der Waals surface area contributed by atoms with Crippen molar-refractivity contribution in [1.82, 2.24) is 9.88 Å². The van der Waals surface area contributed by atoms with E-state index in [9.17, 15) is 4.79 Å². The van der Waals surface area contributed by atoms with Gasteiger partial charge in [0.05, 0.1) is 6.04 Å². The lowest BCUT2D eigenvalue weighted by Crippen LogP contribution is -2.53. The van der Waals surface area contributed by atoms with E-state index in [-0.39, 0.29) is 11.9 Å². The number of carbonyl (C=O) groups is 1. The summed E-state index contributed by atoms with van der Waals surface area (Å²) in [7, 11) is 0. The SMILES string of the molecule is Cc1cc(Cl)ccc1N1CCN(C(=O)C(C)(C)C)C[C@H]1c1ccc(-c2cccnc2N)cc1. The summed E-state index contributed by atoms with van der Waals surface area (Å²) in [6.45, 7) is 10.1. The molecule has 0 radical (unpaired) electrons. The molecule has 5 nitrogen and oxygen atoms in total. The highest BCUT2D eigenvalue weighted by Crippen LogP contribution is 2.36. The third-order valence-electron chi connectivity index (χ3n) is 6.22. The second-order valence-corrected chi connectivity index (χ2v) is 10.1. The van der Waals surface area contributed by atoms with Gasteiger partial charge in [-0.1, -0.05) is 56.6 Å². The maximum atomic E-state index is 13.1. The van der Waals surface area contributed by atoms with Gasteiger partial charge < -0.3 is 15.5 Å². The molecule has 4 rings (SSSR count). The normalized spacial score (nSPS) is 16.7. The minimum absolute atomic E-state index is 0.0326. The molecule has 2 heterocycles. The Kier molecular flexibility index (Phi) is 6.35. The van der Waals surface area contributed by atoms with Gasteiger partial charge in [-0.05, 0) is 53.9 Å². The Morgan fingerprint density at radius 3 is 2.45 bits per heavy atom. The molecule has 0 unspecified atom stereocenters. The number of aryl methyl sites for hydroxylation is 1. The van der Waals surface area contributed by atoms with Crippen LogP contribution in [0.1, 0.15) is 37.9 Å². The predicted molar refractivity (Wildman–Crippen MR) is 136 cm³/mol. The first-order chi connectivity index (χ1) is 15.6. The molecule has 0 aliphatic carbocycles. The van der Waals surface area contributed by atoms with Crippen LogP contribution in [0.2, 0.25) is 5.02 Å². The summed E-state index contributed by atoms with van der Waals surface area (Å²) in [5.74, 6) is 0.697. The molecule has 0 bridgehead atoms. The van der Waals surface area contributed by atoms with Crippen molar-refractivity contribution in [2.75, 3.05) is 30.3 Å². The van der Waals surface area contributed by atoms with Gasteiger partial charge in [-0.3, -0.25) is 4.79 Å². The molecular weight excluding hydrogens is 432 g/mol. The number of anilines is 2. The Balaban J connectivity index is 1.70. The molecule has 6 heteroatoms. The molecule has 2 aromatic carbocycles. The molecule has 172 valence electrons. The van der Waals surface area contributed by atoms with Crippen molar-refractivity contribution in [3.63, 3.8) is 0 Å². The fraction of sp³-hybridized carbons (Fsp3) is 0.333. The summed E-state index contributed by atoms with van der Waals surface area (Å²) < 4.78 is 0. The molecule has 1 atom stereocenters. The van der Waals surface area contributed by atoms with Crippen molar-refractivity contribution in [2.24, 2.45) is 5.41 Å². The topological polar surface area (TPSA) is 62.5 Å². The Morgan fingerprint density at radius 2 is 1.82 bits per heavy atom. The number of nitrogens with zero attached hydrogens (tertiary/aromatic N) is 3. The largest absolute Gasteiger partial charge is 0.383 e. The average Bonchev–Trinajstić information content (AvgIpc) is 2.78. The summed E-state index contributed by atoms with van der Waals surface area (Å²) in [5.41, 5.74) is 11.0. The number of aromatic nitrogens is 1. The summed E-state index contributed by atoms with van der Waals surface area (Å²) >= 11 is 6.23. The number of carbonyl (C=O) groups excluding carboxylic acids is 1. The number of piperazine rings is 1. The van der Waals surface area contributed by atoms with Crippen molar-refractivity contribution in [2.45, 2.75) is 33.7 Å². The van der Waals surface area contributed by atoms with E-state index in [0.717, 1.165) is 39.5 Å². The third-order valence-corrected chi connectivity index (χ3v) is 6.46. The lowest BCUT2D eigenvalue weighted by Gasteiger charge is -2.45. The summed E-state index contributed by atoms with van der Waals surface area (Å²) in [5, 5.41) is 0.729. The Morgan fingerprint density at radius 1 is 1.09 bits per heavy atom. The molecule has 1 fully saturated rings. The van der Waals surface area contributed by atoms with Gasteiger partial charge in [0.15, 0.2) is 0 Å². The van der Waals surface area contributed by atoms with Crippen LogP contribution in [0.3, 0.4) is 0 Å². The van der Waals surface area contributed by atoms with Crippen molar-refractivity contribution in [3.05, 3.63) is 76.9 Å². The average molecular weight is 463 g/mol. The van der Waals surface area contributed by atoms with E-state index >= 15 is 0 Å². The highest BCUT2D eigenvalue weighted by molar-refractivity contribution is 6.30. The van der Waals surface area contributed by atoms with E-state index < -0.39 is 5.41 Å².